The highest BCUT2D eigenvalue weighted by Crippen LogP contribution is 2.14. The van der Waals surface area contributed by atoms with Crippen molar-refractivity contribution < 1.29 is 14.0 Å². The second-order valence-electron chi connectivity index (χ2n) is 3.32. The van der Waals surface area contributed by atoms with Gasteiger partial charge in [0, 0.05) is 13.2 Å². The Labute approximate surface area is 103 Å². The lowest BCUT2D eigenvalue weighted by Crippen LogP contribution is -1.95. The maximum absolute atomic E-state index is 5.66. The topological polar surface area (TPSA) is 57.4 Å². The predicted molar refractivity (Wildman–Crippen MR) is 60.8 cm³/mol. The van der Waals surface area contributed by atoms with Crippen LogP contribution in [0.15, 0.2) is 28.9 Å². The van der Waals surface area contributed by atoms with Crippen LogP contribution < -0.4 is 4.74 Å². The van der Waals surface area contributed by atoms with Gasteiger partial charge in [-0.05, 0) is 12.1 Å². The van der Waals surface area contributed by atoms with E-state index in [4.69, 9.17) is 25.6 Å². The van der Waals surface area contributed by atoms with Gasteiger partial charge in [-0.2, -0.15) is 0 Å². The Bertz CT molecular complexity index is 470. The van der Waals surface area contributed by atoms with E-state index in [9.17, 15) is 0 Å². The molecule has 0 aliphatic carbocycles. The van der Waals surface area contributed by atoms with Gasteiger partial charge in [0.15, 0.2) is 5.76 Å². The van der Waals surface area contributed by atoms with Crippen molar-refractivity contribution in [2.24, 2.45) is 0 Å². The van der Waals surface area contributed by atoms with Crippen LogP contribution in [0.1, 0.15) is 11.5 Å². The number of hydrogen-bond acceptors (Lipinski definition) is 5. The van der Waals surface area contributed by atoms with Gasteiger partial charge in [0.05, 0.1) is 6.20 Å². The summed E-state index contributed by atoms with van der Waals surface area (Å²) in [6.45, 7) is 0.714. The van der Waals surface area contributed by atoms with Gasteiger partial charge in [-0.25, -0.2) is 4.98 Å². The SMILES string of the molecule is COCc1cc(COc2ccc(Cl)nc2)no1. The quantitative estimate of drug-likeness (QED) is 0.767. The predicted octanol–water partition coefficient (Wildman–Crippen LogP) is 2.45. The van der Waals surface area contributed by atoms with Crippen molar-refractivity contribution in [3.8, 4) is 5.75 Å². The van der Waals surface area contributed by atoms with E-state index in [0.717, 1.165) is 0 Å². The Morgan fingerprint density at radius 3 is 2.94 bits per heavy atom. The van der Waals surface area contributed by atoms with Crippen LogP contribution in [0.3, 0.4) is 0 Å². The van der Waals surface area contributed by atoms with Crippen LogP contribution in [0.4, 0.5) is 0 Å². The zero-order chi connectivity index (χ0) is 12.1. The van der Waals surface area contributed by atoms with Crippen LogP contribution in [-0.2, 0) is 18.0 Å². The van der Waals surface area contributed by atoms with Gasteiger partial charge in [-0.15, -0.1) is 0 Å². The molecule has 0 fully saturated rings. The van der Waals surface area contributed by atoms with Crippen LogP contribution in [0.25, 0.3) is 0 Å². The first-order valence-electron chi connectivity index (χ1n) is 4.95. The van der Waals surface area contributed by atoms with Crippen LogP contribution in [-0.4, -0.2) is 17.3 Å². The molecule has 0 spiro atoms. The van der Waals surface area contributed by atoms with E-state index in [-0.39, 0.29) is 0 Å². The Kier molecular flexibility index (Phi) is 3.95. The minimum absolute atomic E-state index is 0.316. The van der Waals surface area contributed by atoms with Crippen molar-refractivity contribution in [3.63, 3.8) is 0 Å². The number of rotatable bonds is 5. The first-order chi connectivity index (χ1) is 8.28. The average molecular weight is 255 g/mol. The second-order valence-corrected chi connectivity index (χ2v) is 3.71. The number of halogens is 1. The van der Waals surface area contributed by atoms with E-state index in [2.05, 4.69) is 10.1 Å². The molecule has 90 valence electrons. The summed E-state index contributed by atoms with van der Waals surface area (Å²) in [5.74, 6) is 1.30. The van der Waals surface area contributed by atoms with Crippen molar-refractivity contribution in [1.29, 1.82) is 0 Å². The Hall–Kier alpha value is -1.59. The molecule has 0 aliphatic heterocycles. The van der Waals surface area contributed by atoms with Crippen LogP contribution in [0.2, 0.25) is 5.15 Å². The van der Waals surface area contributed by atoms with Gasteiger partial charge in [-0.3, -0.25) is 0 Å². The first-order valence-corrected chi connectivity index (χ1v) is 5.33. The Morgan fingerprint density at radius 1 is 1.35 bits per heavy atom. The molecule has 0 saturated heterocycles. The maximum atomic E-state index is 5.66. The molecule has 0 atom stereocenters. The third kappa shape index (κ3) is 3.44. The summed E-state index contributed by atoms with van der Waals surface area (Å²) in [5.41, 5.74) is 0.701. The monoisotopic (exact) mass is 254 g/mol. The zero-order valence-corrected chi connectivity index (χ0v) is 9.98. The summed E-state index contributed by atoms with van der Waals surface area (Å²) in [6.07, 6.45) is 1.55. The van der Waals surface area contributed by atoms with Gasteiger partial charge < -0.3 is 14.0 Å². The molecular formula is C11H11ClN2O3. The minimum Gasteiger partial charge on any atom is -0.486 e. The summed E-state index contributed by atoms with van der Waals surface area (Å²) < 4.78 is 15.4. The van der Waals surface area contributed by atoms with E-state index in [1.165, 1.54) is 0 Å². The van der Waals surface area contributed by atoms with Crippen molar-refractivity contribution in [2.75, 3.05) is 7.11 Å². The second kappa shape index (κ2) is 5.65. The van der Waals surface area contributed by atoms with Crippen molar-refractivity contribution in [2.45, 2.75) is 13.2 Å². The Balaban J connectivity index is 1.90. The molecule has 17 heavy (non-hydrogen) atoms. The number of aromatic nitrogens is 2. The van der Waals surface area contributed by atoms with Gasteiger partial charge in [0.1, 0.15) is 29.8 Å². The van der Waals surface area contributed by atoms with E-state index in [0.29, 0.717) is 35.6 Å². The summed E-state index contributed by atoms with van der Waals surface area (Å²) in [4.78, 5) is 3.90. The zero-order valence-electron chi connectivity index (χ0n) is 9.22. The summed E-state index contributed by atoms with van der Waals surface area (Å²) >= 11 is 5.66. The molecule has 0 unspecified atom stereocenters. The third-order valence-corrected chi connectivity index (χ3v) is 2.20. The fourth-order valence-electron chi connectivity index (χ4n) is 1.24. The van der Waals surface area contributed by atoms with Gasteiger partial charge >= 0.3 is 0 Å². The summed E-state index contributed by atoms with van der Waals surface area (Å²) in [7, 11) is 1.60. The van der Waals surface area contributed by atoms with E-state index in [1.807, 2.05) is 0 Å². The normalized spacial score (nSPS) is 10.5. The molecule has 2 heterocycles. The molecule has 0 saturated carbocycles. The van der Waals surface area contributed by atoms with Gasteiger partial charge in [0.25, 0.3) is 0 Å². The highest BCUT2D eigenvalue weighted by molar-refractivity contribution is 6.29. The molecule has 0 amide bonds. The fraction of sp³-hybridized carbons (Fsp3) is 0.273. The molecule has 2 aromatic rings. The Morgan fingerprint density at radius 2 is 2.24 bits per heavy atom. The molecular weight excluding hydrogens is 244 g/mol. The van der Waals surface area contributed by atoms with Crippen molar-refractivity contribution in [3.05, 3.63) is 41.0 Å². The molecule has 6 heteroatoms. The average Bonchev–Trinajstić information content (AvgIpc) is 2.77. The van der Waals surface area contributed by atoms with Gasteiger partial charge in [0.2, 0.25) is 0 Å². The largest absolute Gasteiger partial charge is 0.486 e. The smallest absolute Gasteiger partial charge is 0.162 e. The fourth-order valence-corrected chi connectivity index (χ4v) is 1.35. The summed E-state index contributed by atoms with van der Waals surface area (Å²) in [5, 5.41) is 4.27. The number of methoxy groups -OCH3 is 1. The lowest BCUT2D eigenvalue weighted by molar-refractivity contribution is 0.155. The molecule has 0 radical (unpaired) electrons. The lowest BCUT2D eigenvalue weighted by Gasteiger charge is -2.02. The van der Waals surface area contributed by atoms with Gasteiger partial charge in [-0.1, -0.05) is 16.8 Å². The molecule has 2 aromatic heterocycles. The van der Waals surface area contributed by atoms with E-state index in [1.54, 1.807) is 31.5 Å². The third-order valence-electron chi connectivity index (χ3n) is 1.98. The maximum Gasteiger partial charge on any atom is 0.162 e. The minimum atomic E-state index is 0.316. The molecule has 0 bridgehead atoms. The van der Waals surface area contributed by atoms with Crippen LogP contribution >= 0.6 is 11.6 Å². The van der Waals surface area contributed by atoms with Crippen molar-refractivity contribution in [1.82, 2.24) is 10.1 Å². The van der Waals surface area contributed by atoms with E-state index < -0.39 is 0 Å². The number of nitrogens with zero attached hydrogens (tertiary/aromatic N) is 2. The molecule has 0 N–H and O–H groups in total. The number of ether oxygens (including phenoxy) is 2. The highest BCUT2D eigenvalue weighted by atomic mass is 35.5. The molecule has 2 rings (SSSR count). The molecule has 0 aliphatic rings. The first kappa shape index (κ1) is 11.9. The van der Waals surface area contributed by atoms with E-state index >= 15 is 0 Å². The van der Waals surface area contributed by atoms with Crippen molar-refractivity contribution >= 4 is 11.6 Å². The number of hydrogen-bond donors (Lipinski definition) is 0. The van der Waals surface area contributed by atoms with Crippen LogP contribution in [0.5, 0.6) is 5.75 Å². The molecule has 0 aromatic carbocycles. The number of pyridine rings is 1. The molecule has 5 nitrogen and oxygen atoms in total. The standard InChI is InChI=1S/C11H11ClN2O3/c1-15-7-10-4-8(14-17-10)6-16-9-2-3-11(12)13-5-9/h2-5H,6-7H2,1H3. The highest BCUT2D eigenvalue weighted by Gasteiger charge is 2.04. The van der Waals surface area contributed by atoms with Crippen LogP contribution in [0, 0.1) is 0 Å². The summed E-state index contributed by atoms with van der Waals surface area (Å²) in [6, 6.07) is 5.19. The lowest BCUT2D eigenvalue weighted by atomic mass is 10.4.